The molecule has 0 unspecified atom stereocenters. The Labute approximate surface area is 93.4 Å². The van der Waals surface area contributed by atoms with Gasteiger partial charge >= 0.3 is 6.36 Å². The van der Waals surface area contributed by atoms with Crippen LogP contribution in [0.15, 0.2) is 11.0 Å². The lowest BCUT2D eigenvalue weighted by molar-refractivity contribution is -0.275. The summed E-state index contributed by atoms with van der Waals surface area (Å²) < 4.78 is 44.4. The normalized spacial score (nSPS) is 10.8. The van der Waals surface area contributed by atoms with Crippen LogP contribution >= 0.6 is 0 Å². The summed E-state index contributed by atoms with van der Waals surface area (Å²) in [6.45, 7) is 0. The van der Waals surface area contributed by atoms with Crippen molar-refractivity contribution in [2.45, 2.75) is 12.8 Å². The molecule has 0 aromatic carbocycles. The number of ether oxygens (including phenoxy) is 2. The van der Waals surface area contributed by atoms with Crippen LogP contribution in [0.5, 0.6) is 11.5 Å². The number of aromatic nitrogens is 1. The molecular weight excluding hydrogens is 241 g/mol. The molecule has 0 aliphatic rings. The van der Waals surface area contributed by atoms with Crippen molar-refractivity contribution >= 4 is 0 Å². The number of halogens is 3. The van der Waals surface area contributed by atoms with Crippen molar-refractivity contribution < 1.29 is 22.6 Å². The number of aromatic amines is 1. The molecule has 0 bridgehead atoms. The van der Waals surface area contributed by atoms with Gasteiger partial charge in [0.15, 0.2) is 5.75 Å². The summed E-state index contributed by atoms with van der Waals surface area (Å²) in [4.78, 5) is 13.2. The maximum Gasteiger partial charge on any atom is 0.573 e. The number of H-pyrrole nitrogens is 1. The molecule has 0 saturated heterocycles. The summed E-state index contributed by atoms with van der Waals surface area (Å²) >= 11 is 0. The van der Waals surface area contributed by atoms with Gasteiger partial charge < -0.3 is 14.5 Å². The zero-order valence-electron chi connectivity index (χ0n) is 8.59. The van der Waals surface area contributed by atoms with E-state index in [0.29, 0.717) is 0 Å². The first-order valence-corrected chi connectivity index (χ1v) is 4.30. The molecule has 1 aromatic heterocycles. The molecule has 0 saturated carbocycles. The Kier molecular flexibility index (Phi) is 3.62. The highest BCUT2D eigenvalue weighted by molar-refractivity contribution is 5.45. The summed E-state index contributed by atoms with van der Waals surface area (Å²) in [6.07, 6.45) is -4.12. The number of nitrogens with zero attached hydrogens (tertiary/aromatic N) is 1. The summed E-state index contributed by atoms with van der Waals surface area (Å²) in [6, 6.07) is 1.73. The maximum atomic E-state index is 12.1. The molecule has 0 aliphatic carbocycles. The van der Waals surface area contributed by atoms with Crippen molar-refractivity contribution in [1.82, 2.24) is 4.98 Å². The summed E-state index contributed by atoms with van der Waals surface area (Å²) in [5.74, 6) is -1.40. The zero-order valence-corrected chi connectivity index (χ0v) is 8.59. The first-order valence-electron chi connectivity index (χ1n) is 4.30. The van der Waals surface area contributed by atoms with Crippen molar-refractivity contribution in [3.05, 3.63) is 22.1 Å². The van der Waals surface area contributed by atoms with Gasteiger partial charge in [0.2, 0.25) is 5.75 Å². The topological polar surface area (TPSA) is 75.1 Å². The van der Waals surface area contributed by atoms with Gasteiger partial charge in [-0.05, 0) is 0 Å². The Morgan fingerprint density at radius 2 is 2.12 bits per heavy atom. The van der Waals surface area contributed by atoms with E-state index in [0.717, 1.165) is 13.3 Å². The second-order valence-electron chi connectivity index (χ2n) is 2.89. The number of nitriles is 1. The Hall–Kier alpha value is -2.17. The molecular formula is C9H7F3N2O3. The monoisotopic (exact) mass is 248 g/mol. The Bertz CT molecular complexity index is 502. The number of nitrogens with one attached hydrogen (secondary N) is 1. The molecule has 92 valence electrons. The van der Waals surface area contributed by atoms with Gasteiger partial charge in [-0.25, -0.2) is 0 Å². The summed E-state index contributed by atoms with van der Waals surface area (Å²) in [5.41, 5.74) is -0.977. The van der Waals surface area contributed by atoms with E-state index in [4.69, 9.17) is 5.26 Å². The SMILES string of the molecule is COc1c(CC#N)c[nH]c(=O)c1OC(F)(F)F. The smallest absolute Gasteiger partial charge is 0.492 e. The highest BCUT2D eigenvalue weighted by Crippen LogP contribution is 2.31. The van der Waals surface area contributed by atoms with E-state index < -0.39 is 23.4 Å². The standard InChI is InChI=1S/C9H7F3N2O3/c1-16-6-5(2-3-13)4-14-8(15)7(6)17-9(10,11)12/h4H,2H2,1H3,(H,14,15). The van der Waals surface area contributed by atoms with Crippen molar-refractivity contribution in [3.63, 3.8) is 0 Å². The molecule has 0 amide bonds. The number of pyridine rings is 1. The fourth-order valence-electron chi connectivity index (χ4n) is 1.18. The number of hydrogen-bond acceptors (Lipinski definition) is 4. The molecule has 0 atom stereocenters. The fraction of sp³-hybridized carbons (Fsp3) is 0.333. The van der Waals surface area contributed by atoms with Gasteiger partial charge in [-0.15, -0.1) is 13.2 Å². The summed E-state index contributed by atoms with van der Waals surface area (Å²) in [7, 11) is 1.08. The van der Waals surface area contributed by atoms with E-state index in [1.54, 1.807) is 6.07 Å². The predicted octanol–water partition coefficient (Wildman–Crippen LogP) is 1.35. The fourth-order valence-corrected chi connectivity index (χ4v) is 1.18. The van der Waals surface area contributed by atoms with Gasteiger partial charge in [-0.1, -0.05) is 0 Å². The molecule has 0 fully saturated rings. The van der Waals surface area contributed by atoms with Crippen molar-refractivity contribution in [3.8, 4) is 17.6 Å². The maximum absolute atomic E-state index is 12.1. The number of hydrogen-bond donors (Lipinski definition) is 1. The molecule has 5 nitrogen and oxygen atoms in total. The van der Waals surface area contributed by atoms with Crippen LogP contribution in [0.1, 0.15) is 5.56 Å². The first-order chi connectivity index (χ1) is 7.89. The highest BCUT2D eigenvalue weighted by Gasteiger charge is 2.34. The molecule has 1 rings (SSSR count). The molecule has 1 heterocycles. The van der Waals surface area contributed by atoms with E-state index in [1.165, 1.54) is 0 Å². The minimum atomic E-state index is -5.01. The lowest BCUT2D eigenvalue weighted by Gasteiger charge is -2.13. The number of methoxy groups -OCH3 is 1. The van der Waals surface area contributed by atoms with E-state index >= 15 is 0 Å². The third kappa shape index (κ3) is 3.14. The van der Waals surface area contributed by atoms with Gasteiger partial charge in [-0.3, -0.25) is 4.79 Å². The van der Waals surface area contributed by atoms with Crippen LogP contribution in [0.25, 0.3) is 0 Å². The largest absolute Gasteiger partial charge is 0.573 e. The van der Waals surface area contributed by atoms with E-state index in [-0.39, 0.29) is 12.0 Å². The molecule has 8 heteroatoms. The lowest BCUT2D eigenvalue weighted by atomic mass is 10.2. The van der Waals surface area contributed by atoms with Crippen LogP contribution < -0.4 is 15.0 Å². The van der Waals surface area contributed by atoms with Gasteiger partial charge in [0, 0.05) is 11.8 Å². The molecule has 1 N–H and O–H groups in total. The molecule has 17 heavy (non-hydrogen) atoms. The van der Waals surface area contributed by atoms with Crippen molar-refractivity contribution in [2.75, 3.05) is 7.11 Å². The van der Waals surface area contributed by atoms with Crippen LogP contribution in [0.3, 0.4) is 0 Å². The van der Waals surface area contributed by atoms with Gasteiger partial charge in [0.25, 0.3) is 5.56 Å². The Morgan fingerprint density at radius 1 is 1.47 bits per heavy atom. The third-order valence-electron chi connectivity index (χ3n) is 1.77. The Balaban J connectivity index is 3.31. The summed E-state index contributed by atoms with van der Waals surface area (Å²) in [5, 5.41) is 8.47. The van der Waals surface area contributed by atoms with Crippen LogP contribution in [-0.4, -0.2) is 18.5 Å². The second kappa shape index (κ2) is 4.78. The predicted molar refractivity (Wildman–Crippen MR) is 49.6 cm³/mol. The molecule has 0 radical (unpaired) electrons. The highest BCUT2D eigenvalue weighted by atomic mass is 19.4. The van der Waals surface area contributed by atoms with Crippen LogP contribution in [0.4, 0.5) is 13.2 Å². The third-order valence-corrected chi connectivity index (χ3v) is 1.77. The van der Waals surface area contributed by atoms with Crippen molar-refractivity contribution in [2.24, 2.45) is 0 Å². The minimum Gasteiger partial charge on any atom is -0.492 e. The molecule has 1 aromatic rings. The molecule has 0 aliphatic heterocycles. The van der Waals surface area contributed by atoms with E-state index in [9.17, 15) is 18.0 Å². The average Bonchev–Trinajstić information content (AvgIpc) is 2.22. The van der Waals surface area contributed by atoms with Crippen LogP contribution in [0.2, 0.25) is 0 Å². The second-order valence-corrected chi connectivity index (χ2v) is 2.89. The lowest BCUT2D eigenvalue weighted by Crippen LogP contribution is -2.23. The van der Waals surface area contributed by atoms with Gasteiger partial charge in [-0.2, -0.15) is 5.26 Å². The quantitative estimate of drug-likeness (QED) is 0.875. The first kappa shape index (κ1) is 12.9. The van der Waals surface area contributed by atoms with E-state index in [2.05, 4.69) is 9.47 Å². The average molecular weight is 248 g/mol. The minimum absolute atomic E-state index is 0.105. The Morgan fingerprint density at radius 3 is 2.59 bits per heavy atom. The molecule has 0 spiro atoms. The van der Waals surface area contributed by atoms with Gasteiger partial charge in [0.05, 0.1) is 19.6 Å². The van der Waals surface area contributed by atoms with Crippen molar-refractivity contribution in [1.29, 1.82) is 5.26 Å². The number of rotatable bonds is 3. The zero-order chi connectivity index (χ0) is 13.1. The number of alkyl halides is 3. The van der Waals surface area contributed by atoms with Crippen LogP contribution in [-0.2, 0) is 6.42 Å². The van der Waals surface area contributed by atoms with Crippen LogP contribution in [0, 0.1) is 11.3 Å². The van der Waals surface area contributed by atoms with E-state index in [1.807, 2.05) is 4.98 Å². The van der Waals surface area contributed by atoms with Gasteiger partial charge in [0.1, 0.15) is 0 Å².